The monoisotopic (exact) mass is 204 g/mol. The smallest absolute Gasteiger partial charge is 0.335 e. The molecule has 0 saturated carbocycles. The first kappa shape index (κ1) is 9.32. The van der Waals surface area contributed by atoms with Gasteiger partial charge in [0.2, 0.25) is 0 Å². The van der Waals surface area contributed by atoms with Crippen LogP contribution < -0.4 is 0 Å². The van der Waals surface area contributed by atoms with Crippen molar-refractivity contribution in [3.8, 4) is 0 Å². The summed E-state index contributed by atoms with van der Waals surface area (Å²) in [6.45, 7) is 0. The van der Waals surface area contributed by atoms with Crippen LogP contribution >= 0.6 is 0 Å². The fourth-order valence-electron chi connectivity index (χ4n) is 1.25. The maximum atomic E-state index is 10.7. The van der Waals surface area contributed by atoms with E-state index in [9.17, 15) is 4.79 Å². The molecule has 2 aromatic rings. The van der Waals surface area contributed by atoms with Gasteiger partial charge in [0, 0.05) is 6.42 Å². The molecule has 0 unspecified atom stereocenters. The van der Waals surface area contributed by atoms with Crippen LogP contribution in [0.5, 0.6) is 0 Å². The van der Waals surface area contributed by atoms with E-state index in [1.807, 2.05) is 6.07 Å². The molecule has 2 N–H and O–H groups in total. The van der Waals surface area contributed by atoms with Gasteiger partial charge in [-0.2, -0.15) is 5.21 Å². The third kappa shape index (κ3) is 2.16. The number of rotatable bonds is 3. The molecule has 1 aromatic carbocycles. The van der Waals surface area contributed by atoms with Crippen LogP contribution in [0, 0.1) is 0 Å². The lowest BCUT2D eigenvalue weighted by Gasteiger charge is -1.98. The van der Waals surface area contributed by atoms with Gasteiger partial charge in [0.25, 0.3) is 0 Å². The van der Waals surface area contributed by atoms with Crippen molar-refractivity contribution >= 4 is 5.97 Å². The molecule has 6 nitrogen and oxygen atoms in total. The molecule has 0 saturated heterocycles. The topological polar surface area (TPSA) is 91.8 Å². The number of nitrogens with one attached hydrogen (secondary N) is 1. The van der Waals surface area contributed by atoms with E-state index in [1.54, 1.807) is 18.2 Å². The number of aromatic amines is 1. The van der Waals surface area contributed by atoms with Crippen molar-refractivity contribution in [1.29, 1.82) is 0 Å². The molecule has 1 aromatic heterocycles. The normalized spacial score (nSPS) is 10.1. The molecule has 0 atom stereocenters. The quantitative estimate of drug-likeness (QED) is 0.759. The molecule has 0 aliphatic rings. The largest absolute Gasteiger partial charge is 0.478 e. The van der Waals surface area contributed by atoms with Crippen molar-refractivity contribution in [3.05, 3.63) is 41.2 Å². The Morgan fingerprint density at radius 1 is 1.47 bits per heavy atom. The summed E-state index contributed by atoms with van der Waals surface area (Å²) in [6, 6.07) is 6.66. The van der Waals surface area contributed by atoms with E-state index in [1.165, 1.54) is 0 Å². The standard InChI is InChI=1S/C9H8N4O2/c14-9(15)7-3-1-2-6(4-7)5-8-10-12-13-11-8/h1-4H,5H2,(H,14,15)(H,10,11,12,13). The van der Waals surface area contributed by atoms with E-state index in [0.29, 0.717) is 12.2 Å². The number of aromatic carboxylic acids is 1. The highest BCUT2D eigenvalue weighted by Crippen LogP contribution is 2.08. The van der Waals surface area contributed by atoms with Crippen molar-refractivity contribution in [3.63, 3.8) is 0 Å². The minimum absolute atomic E-state index is 0.260. The van der Waals surface area contributed by atoms with E-state index in [0.717, 1.165) is 5.56 Å². The lowest BCUT2D eigenvalue weighted by Crippen LogP contribution is -1.98. The number of carboxylic acids is 1. The second kappa shape index (κ2) is 3.87. The van der Waals surface area contributed by atoms with E-state index in [-0.39, 0.29) is 5.56 Å². The molecule has 0 amide bonds. The van der Waals surface area contributed by atoms with Crippen LogP contribution in [0.2, 0.25) is 0 Å². The fraction of sp³-hybridized carbons (Fsp3) is 0.111. The number of aromatic nitrogens is 4. The summed E-state index contributed by atoms with van der Waals surface area (Å²) >= 11 is 0. The Balaban J connectivity index is 2.22. The Labute approximate surface area is 84.9 Å². The van der Waals surface area contributed by atoms with Crippen molar-refractivity contribution in [2.24, 2.45) is 0 Å². The highest BCUT2D eigenvalue weighted by molar-refractivity contribution is 5.87. The Kier molecular flexibility index (Phi) is 2.40. The maximum absolute atomic E-state index is 10.7. The van der Waals surface area contributed by atoms with Gasteiger partial charge in [-0.3, -0.25) is 0 Å². The van der Waals surface area contributed by atoms with Gasteiger partial charge >= 0.3 is 5.97 Å². The molecule has 0 radical (unpaired) electrons. The molecule has 0 spiro atoms. The van der Waals surface area contributed by atoms with Crippen molar-refractivity contribution in [2.75, 3.05) is 0 Å². The van der Waals surface area contributed by atoms with Crippen molar-refractivity contribution in [1.82, 2.24) is 20.6 Å². The summed E-state index contributed by atoms with van der Waals surface area (Å²) in [6.07, 6.45) is 0.470. The summed E-state index contributed by atoms with van der Waals surface area (Å²) < 4.78 is 0. The van der Waals surface area contributed by atoms with Gasteiger partial charge in [-0.25, -0.2) is 4.79 Å². The van der Waals surface area contributed by atoms with Gasteiger partial charge in [0.15, 0.2) is 5.82 Å². The Hall–Kier alpha value is -2.24. The highest BCUT2D eigenvalue weighted by atomic mass is 16.4. The van der Waals surface area contributed by atoms with Crippen LogP contribution in [0.4, 0.5) is 0 Å². The number of H-pyrrole nitrogens is 1. The molecule has 0 bridgehead atoms. The number of hydrogen-bond acceptors (Lipinski definition) is 4. The predicted octanol–water partition coefficient (Wildman–Crippen LogP) is 0.489. The summed E-state index contributed by atoms with van der Waals surface area (Å²) in [5.41, 5.74) is 1.10. The number of benzene rings is 1. The van der Waals surface area contributed by atoms with Crippen LogP contribution in [0.1, 0.15) is 21.7 Å². The average molecular weight is 204 g/mol. The molecule has 0 aliphatic carbocycles. The van der Waals surface area contributed by atoms with Gasteiger partial charge in [-0.1, -0.05) is 17.3 Å². The molecular formula is C9H8N4O2. The zero-order valence-corrected chi connectivity index (χ0v) is 7.71. The molecule has 1 heterocycles. The summed E-state index contributed by atoms with van der Waals surface area (Å²) in [4.78, 5) is 10.7. The first-order valence-corrected chi connectivity index (χ1v) is 4.30. The molecule has 15 heavy (non-hydrogen) atoms. The Bertz CT molecular complexity index is 467. The second-order valence-corrected chi connectivity index (χ2v) is 3.01. The van der Waals surface area contributed by atoms with E-state index in [4.69, 9.17) is 5.11 Å². The zero-order chi connectivity index (χ0) is 10.7. The predicted molar refractivity (Wildman–Crippen MR) is 50.4 cm³/mol. The van der Waals surface area contributed by atoms with Gasteiger partial charge in [-0.15, -0.1) is 10.2 Å². The molecular weight excluding hydrogens is 196 g/mol. The molecule has 6 heteroatoms. The fourth-order valence-corrected chi connectivity index (χ4v) is 1.25. The van der Waals surface area contributed by atoms with Gasteiger partial charge in [0.1, 0.15) is 0 Å². The average Bonchev–Trinajstić information content (AvgIpc) is 2.71. The van der Waals surface area contributed by atoms with E-state index < -0.39 is 5.97 Å². The number of hydrogen-bond donors (Lipinski definition) is 2. The summed E-state index contributed by atoms with van der Waals surface area (Å²) in [7, 11) is 0. The van der Waals surface area contributed by atoms with Gasteiger partial charge < -0.3 is 5.11 Å². The molecule has 0 fully saturated rings. The number of nitrogens with zero attached hydrogens (tertiary/aromatic N) is 3. The lowest BCUT2D eigenvalue weighted by molar-refractivity contribution is 0.0697. The van der Waals surface area contributed by atoms with E-state index >= 15 is 0 Å². The van der Waals surface area contributed by atoms with Gasteiger partial charge in [-0.05, 0) is 17.7 Å². The lowest BCUT2D eigenvalue weighted by atomic mass is 10.1. The van der Waals surface area contributed by atoms with Crippen LogP contribution in [0.25, 0.3) is 0 Å². The Morgan fingerprint density at radius 3 is 3.00 bits per heavy atom. The second-order valence-electron chi connectivity index (χ2n) is 3.01. The number of tetrazole rings is 1. The number of carboxylic acid groups (broad SMARTS) is 1. The zero-order valence-electron chi connectivity index (χ0n) is 7.71. The summed E-state index contributed by atoms with van der Waals surface area (Å²) in [5, 5.41) is 22.1. The van der Waals surface area contributed by atoms with Crippen molar-refractivity contribution in [2.45, 2.75) is 6.42 Å². The first-order chi connectivity index (χ1) is 7.25. The summed E-state index contributed by atoms with van der Waals surface area (Å²) in [5.74, 6) is -0.400. The minimum atomic E-state index is -0.940. The molecule has 0 aliphatic heterocycles. The van der Waals surface area contributed by atoms with E-state index in [2.05, 4.69) is 20.6 Å². The van der Waals surface area contributed by atoms with Gasteiger partial charge in [0.05, 0.1) is 5.56 Å². The minimum Gasteiger partial charge on any atom is -0.478 e. The van der Waals surface area contributed by atoms with Crippen LogP contribution in [0.15, 0.2) is 24.3 Å². The molecule has 2 rings (SSSR count). The molecule has 76 valence electrons. The maximum Gasteiger partial charge on any atom is 0.335 e. The highest BCUT2D eigenvalue weighted by Gasteiger charge is 2.05. The Morgan fingerprint density at radius 2 is 2.33 bits per heavy atom. The first-order valence-electron chi connectivity index (χ1n) is 4.30. The van der Waals surface area contributed by atoms with Crippen LogP contribution in [-0.2, 0) is 6.42 Å². The van der Waals surface area contributed by atoms with Crippen LogP contribution in [0.3, 0.4) is 0 Å². The van der Waals surface area contributed by atoms with Crippen molar-refractivity contribution < 1.29 is 9.90 Å². The SMILES string of the molecule is O=C(O)c1cccc(Cc2nn[nH]n2)c1. The third-order valence-corrected chi connectivity index (χ3v) is 1.93. The third-order valence-electron chi connectivity index (χ3n) is 1.93. The number of carbonyl (C=O) groups is 1. The van der Waals surface area contributed by atoms with Crippen LogP contribution in [-0.4, -0.2) is 31.7 Å².